The molecule has 2 amide bonds. The van der Waals surface area contributed by atoms with Crippen LogP contribution in [0.15, 0.2) is 91.0 Å². The molecule has 0 atom stereocenters. The van der Waals surface area contributed by atoms with Crippen LogP contribution in [0.1, 0.15) is 21.5 Å². The zero-order chi connectivity index (χ0) is 19.8. The van der Waals surface area contributed by atoms with E-state index in [0.29, 0.717) is 9.99 Å². The molecule has 0 aliphatic heterocycles. The van der Waals surface area contributed by atoms with Gasteiger partial charge in [0, 0.05) is 9.99 Å². The number of nitrogens with one attached hydrogen (secondary N) is 2. The highest BCUT2D eigenvalue weighted by molar-refractivity contribution is 14.1. The molecule has 4 nitrogen and oxygen atoms in total. The third-order valence-corrected chi connectivity index (χ3v) is 5.71. The lowest BCUT2D eigenvalue weighted by atomic mass is 9.84. The fraction of sp³-hybridized carbons (Fsp3) is 0.130. The lowest BCUT2D eigenvalue weighted by Gasteiger charge is -2.34. The molecule has 3 aromatic rings. The van der Waals surface area contributed by atoms with E-state index in [9.17, 15) is 9.59 Å². The van der Waals surface area contributed by atoms with Crippen molar-refractivity contribution in [1.29, 1.82) is 0 Å². The Morgan fingerprint density at radius 2 is 1.21 bits per heavy atom. The van der Waals surface area contributed by atoms with Crippen molar-refractivity contribution in [2.45, 2.75) is 5.54 Å². The quantitative estimate of drug-likeness (QED) is 0.294. The van der Waals surface area contributed by atoms with E-state index in [2.05, 4.69) is 33.2 Å². The highest BCUT2D eigenvalue weighted by atomic mass is 127. The molecule has 2 N–H and O–H groups in total. The van der Waals surface area contributed by atoms with Gasteiger partial charge in [-0.05, 0) is 11.1 Å². The van der Waals surface area contributed by atoms with E-state index in [4.69, 9.17) is 0 Å². The minimum atomic E-state index is -0.692. The van der Waals surface area contributed by atoms with Crippen LogP contribution < -0.4 is 10.6 Å². The van der Waals surface area contributed by atoms with Gasteiger partial charge in [-0.15, -0.1) is 0 Å². The maximum atomic E-state index is 12.7. The topological polar surface area (TPSA) is 58.2 Å². The van der Waals surface area contributed by atoms with Crippen molar-refractivity contribution in [3.63, 3.8) is 0 Å². The summed E-state index contributed by atoms with van der Waals surface area (Å²) in [6.45, 7) is -0.0588. The minimum Gasteiger partial charge on any atom is -0.331 e. The van der Waals surface area contributed by atoms with Gasteiger partial charge in [0.25, 0.3) is 0 Å². The molecule has 28 heavy (non-hydrogen) atoms. The van der Waals surface area contributed by atoms with Crippen LogP contribution in [0.4, 0.5) is 4.79 Å². The van der Waals surface area contributed by atoms with Crippen LogP contribution >= 0.6 is 22.6 Å². The Bertz CT molecular complexity index is 876. The minimum absolute atomic E-state index is 0.0588. The second-order valence-corrected chi connectivity index (χ2v) is 7.13. The molecule has 142 valence electrons. The largest absolute Gasteiger partial charge is 0.331 e. The first-order valence-corrected chi connectivity index (χ1v) is 10.5. The number of urea groups is 1. The van der Waals surface area contributed by atoms with E-state index in [-0.39, 0.29) is 18.4 Å². The normalized spacial score (nSPS) is 10.9. The van der Waals surface area contributed by atoms with Gasteiger partial charge in [-0.2, -0.15) is 0 Å². The zero-order valence-electron chi connectivity index (χ0n) is 15.3. The Hall–Kier alpha value is -2.67. The molecule has 0 spiro atoms. The van der Waals surface area contributed by atoms with E-state index in [1.807, 2.05) is 66.7 Å². The van der Waals surface area contributed by atoms with Crippen molar-refractivity contribution in [1.82, 2.24) is 10.6 Å². The fourth-order valence-electron chi connectivity index (χ4n) is 3.07. The number of rotatable bonds is 7. The highest BCUT2D eigenvalue weighted by Crippen LogP contribution is 2.31. The summed E-state index contributed by atoms with van der Waals surface area (Å²) in [5, 5.41) is 5.82. The second kappa shape index (κ2) is 9.50. The van der Waals surface area contributed by atoms with Crippen LogP contribution in [-0.2, 0) is 5.54 Å². The van der Waals surface area contributed by atoms with E-state index in [0.717, 1.165) is 11.1 Å². The molecule has 0 fully saturated rings. The summed E-state index contributed by atoms with van der Waals surface area (Å²) in [5.41, 5.74) is 1.86. The number of carbonyl (C=O) groups excluding carboxylic acids is 2. The smallest absolute Gasteiger partial charge is 0.316 e. The predicted octanol–water partition coefficient (Wildman–Crippen LogP) is 4.55. The summed E-state index contributed by atoms with van der Waals surface area (Å²) < 4.78 is 0.638. The van der Waals surface area contributed by atoms with Gasteiger partial charge in [0.15, 0.2) is 5.78 Å². The summed E-state index contributed by atoms with van der Waals surface area (Å²) in [7, 11) is 0. The van der Waals surface area contributed by atoms with Crippen LogP contribution in [0.25, 0.3) is 0 Å². The Kier molecular flexibility index (Phi) is 6.81. The van der Waals surface area contributed by atoms with Gasteiger partial charge in [-0.25, -0.2) is 4.79 Å². The molecule has 0 unspecified atom stereocenters. The maximum Gasteiger partial charge on any atom is 0.316 e. The van der Waals surface area contributed by atoms with Crippen LogP contribution in [-0.4, -0.2) is 22.8 Å². The van der Waals surface area contributed by atoms with Gasteiger partial charge in [0.2, 0.25) is 0 Å². The lowest BCUT2D eigenvalue weighted by molar-refractivity contribution is 0.0992. The standard InChI is InChI=1S/C23H21IN2O2/c24-17-23(19-12-6-2-7-13-19,20-14-8-3-9-15-20)26-22(28)25-16-21(27)18-10-4-1-5-11-18/h1-15H,16-17H2,(H2,25,26,28). The summed E-state index contributed by atoms with van der Waals surface area (Å²) >= 11 is 2.28. The van der Waals surface area contributed by atoms with Gasteiger partial charge in [-0.3, -0.25) is 4.79 Å². The third-order valence-electron chi connectivity index (χ3n) is 4.57. The zero-order valence-corrected chi connectivity index (χ0v) is 17.4. The number of carbonyl (C=O) groups is 2. The van der Waals surface area contributed by atoms with Crippen molar-refractivity contribution in [3.05, 3.63) is 108 Å². The number of alkyl halides is 1. The molecule has 3 aromatic carbocycles. The number of halogens is 1. The molecule has 0 saturated heterocycles. The summed E-state index contributed by atoms with van der Waals surface area (Å²) in [6, 6.07) is 28.3. The molecule has 5 heteroatoms. The monoisotopic (exact) mass is 484 g/mol. The van der Waals surface area contributed by atoms with Gasteiger partial charge >= 0.3 is 6.03 Å². The summed E-state index contributed by atoms with van der Waals surface area (Å²) in [4.78, 5) is 25.0. The number of Topliss-reactive ketones (excluding diaryl/α,β-unsaturated/α-hetero) is 1. The van der Waals surface area contributed by atoms with Crippen LogP contribution in [0.3, 0.4) is 0 Å². The molecule has 0 radical (unpaired) electrons. The van der Waals surface area contributed by atoms with E-state index in [1.165, 1.54) is 0 Å². The Balaban J connectivity index is 1.80. The Morgan fingerprint density at radius 1 is 0.750 bits per heavy atom. The fourth-order valence-corrected chi connectivity index (χ4v) is 4.14. The molecule has 0 aliphatic carbocycles. The molecule has 3 rings (SSSR count). The first kappa shape index (κ1) is 20.1. The van der Waals surface area contributed by atoms with E-state index < -0.39 is 5.54 Å². The molecule has 0 aromatic heterocycles. The van der Waals surface area contributed by atoms with Crippen LogP contribution in [0, 0.1) is 0 Å². The second-order valence-electron chi connectivity index (χ2n) is 6.37. The predicted molar refractivity (Wildman–Crippen MR) is 120 cm³/mol. The SMILES string of the molecule is O=C(NCC(=O)c1ccccc1)NC(CI)(c1ccccc1)c1ccccc1. The molecule has 0 heterocycles. The molecular weight excluding hydrogens is 463 g/mol. The van der Waals surface area contributed by atoms with Crippen molar-refractivity contribution in [2.24, 2.45) is 0 Å². The van der Waals surface area contributed by atoms with E-state index in [1.54, 1.807) is 24.3 Å². The molecular formula is C23H21IN2O2. The first-order valence-electron chi connectivity index (χ1n) is 8.97. The van der Waals surface area contributed by atoms with Gasteiger partial charge in [0.05, 0.1) is 6.54 Å². The average molecular weight is 484 g/mol. The number of hydrogen-bond donors (Lipinski definition) is 2. The molecule has 0 saturated carbocycles. The van der Waals surface area contributed by atoms with Gasteiger partial charge < -0.3 is 10.6 Å². The lowest BCUT2D eigenvalue weighted by Crippen LogP contribution is -2.52. The summed E-state index contributed by atoms with van der Waals surface area (Å²) in [5.74, 6) is -0.129. The van der Waals surface area contributed by atoms with Crippen LogP contribution in [0.2, 0.25) is 0 Å². The molecule has 0 bridgehead atoms. The maximum absolute atomic E-state index is 12.7. The highest BCUT2D eigenvalue weighted by Gasteiger charge is 2.34. The number of ketones is 1. The third kappa shape index (κ3) is 4.59. The number of amides is 2. The molecule has 0 aliphatic rings. The van der Waals surface area contributed by atoms with Gasteiger partial charge in [-0.1, -0.05) is 114 Å². The number of benzene rings is 3. The Morgan fingerprint density at radius 3 is 1.68 bits per heavy atom. The summed E-state index contributed by atoms with van der Waals surface area (Å²) in [6.07, 6.45) is 0. The van der Waals surface area contributed by atoms with Crippen LogP contribution in [0.5, 0.6) is 0 Å². The first-order chi connectivity index (χ1) is 13.7. The van der Waals surface area contributed by atoms with E-state index >= 15 is 0 Å². The number of hydrogen-bond acceptors (Lipinski definition) is 2. The van der Waals surface area contributed by atoms with Crippen molar-refractivity contribution < 1.29 is 9.59 Å². The van der Waals surface area contributed by atoms with Crippen molar-refractivity contribution in [2.75, 3.05) is 11.0 Å². The van der Waals surface area contributed by atoms with Crippen molar-refractivity contribution >= 4 is 34.4 Å². The average Bonchev–Trinajstić information content (AvgIpc) is 2.77. The Labute approximate surface area is 178 Å². The van der Waals surface area contributed by atoms with Gasteiger partial charge in [0.1, 0.15) is 5.54 Å². The van der Waals surface area contributed by atoms with Crippen molar-refractivity contribution in [3.8, 4) is 0 Å².